The first-order chi connectivity index (χ1) is 19.4. The van der Waals surface area contributed by atoms with Crippen molar-refractivity contribution >= 4 is 21.6 Å². The number of anilines is 1. The van der Waals surface area contributed by atoms with Crippen LogP contribution in [0.2, 0.25) is 0 Å². The van der Waals surface area contributed by atoms with Crippen LogP contribution in [0.5, 0.6) is 5.75 Å². The topological polar surface area (TPSA) is 99.2 Å². The summed E-state index contributed by atoms with van der Waals surface area (Å²) in [5.41, 5.74) is 3.33. The Labute approximate surface area is 245 Å². The lowest BCUT2D eigenvalue weighted by atomic mass is 9.99. The number of carbonyl (C=O) groups excluding carboxylic acids is 1. The molecule has 41 heavy (non-hydrogen) atoms. The van der Waals surface area contributed by atoms with Gasteiger partial charge in [0.15, 0.2) is 0 Å². The van der Waals surface area contributed by atoms with E-state index in [9.17, 15) is 18.3 Å². The summed E-state index contributed by atoms with van der Waals surface area (Å²) in [6, 6.07) is 20.9. The highest BCUT2D eigenvalue weighted by atomic mass is 32.2. The zero-order chi connectivity index (χ0) is 30.2. The van der Waals surface area contributed by atoms with Gasteiger partial charge in [0, 0.05) is 38.4 Å². The summed E-state index contributed by atoms with van der Waals surface area (Å²) in [5, 5.41) is 14.6. The van der Waals surface area contributed by atoms with Gasteiger partial charge in [0.05, 0.1) is 24.2 Å². The van der Waals surface area contributed by atoms with Crippen LogP contribution in [0.25, 0.3) is 0 Å². The van der Waals surface area contributed by atoms with Crippen molar-refractivity contribution in [2.75, 3.05) is 39.2 Å². The minimum absolute atomic E-state index is 0.0176. The van der Waals surface area contributed by atoms with E-state index in [1.54, 1.807) is 18.2 Å². The summed E-state index contributed by atoms with van der Waals surface area (Å²) >= 11 is 0. The average molecular weight is 582 g/mol. The SMILES string of the molecule is COc1ccc(S(=O)(=O)N(CC(C)C)C[C@@H](O)[C@H](CCc2ccccc2)NC(=O)c2cccc(N(C)C)c2C)cc1. The highest BCUT2D eigenvalue weighted by Gasteiger charge is 2.31. The number of nitrogens with one attached hydrogen (secondary N) is 1. The maximum atomic E-state index is 13.7. The highest BCUT2D eigenvalue weighted by molar-refractivity contribution is 7.89. The Morgan fingerprint density at radius 1 is 0.951 bits per heavy atom. The molecule has 9 heteroatoms. The van der Waals surface area contributed by atoms with Crippen LogP contribution in [-0.4, -0.2) is 70.2 Å². The van der Waals surface area contributed by atoms with Crippen molar-refractivity contribution in [3.63, 3.8) is 0 Å². The number of aliphatic hydroxyl groups excluding tert-OH is 1. The Kier molecular flexibility index (Phi) is 11.3. The van der Waals surface area contributed by atoms with E-state index >= 15 is 0 Å². The Bertz CT molecular complexity index is 1380. The van der Waals surface area contributed by atoms with E-state index in [0.717, 1.165) is 16.8 Å². The minimum atomic E-state index is -3.92. The molecule has 0 aliphatic heterocycles. The van der Waals surface area contributed by atoms with E-state index in [1.807, 2.05) is 82.2 Å². The lowest BCUT2D eigenvalue weighted by Crippen LogP contribution is -2.50. The number of carbonyl (C=O) groups is 1. The van der Waals surface area contributed by atoms with Gasteiger partial charge in [0.1, 0.15) is 5.75 Å². The first-order valence-corrected chi connectivity index (χ1v) is 15.3. The maximum Gasteiger partial charge on any atom is 0.251 e. The first kappa shape index (κ1) is 32.1. The van der Waals surface area contributed by atoms with Crippen molar-refractivity contribution in [3.05, 3.63) is 89.5 Å². The number of hydrogen-bond donors (Lipinski definition) is 2. The first-order valence-electron chi connectivity index (χ1n) is 13.9. The van der Waals surface area contributed by atoms with E-state index in [1.165, 1.54) is 23.5 Å². The van der Waals surface area contributed by atoms with Gasteiger partial charge in [-0.1, -0.05) is 50.2 Å². The molecular formula is C32H43N3O5S. The van der Waals surface area contributed by atoms with Crippen LogP contribution < -0.4 is 15.0 Å². The average Bonchev–Trinajstić information content (AvgIpc) is 2.95. The Morgan fingerprint density at radius 2 is 1.61 bits per heavy atom. The Morgan fingerprint density at radius 3 is 2.20 bits per heavy atom. The highest BCUT2D eigenvalue weighted by Crippen LogP contribution is 2.24. The number of hydrogen-bond acceptors (Lipinski definition) is 6. The molecule has 0 aromatic heterocycles. The molecule has 0 unspecified atom stereocenters. The molecule has 222 valence electrons. The molecule has 0 saturated carbocycles. The molecule has 3 aromatic rings. The molecule has 0 saturated heterocycles. The van der Waals surface area contributed by atoms with Crippen molar-refractivity contribution in [2.24, 2.45) is 5.92 Å². The van der Waals surface area contributed by atoms with Crippen LogP contribution >= 0.6 is 0 Å². The second-order valence-electron chi connectivity index (χ2n) is 10.9. The van der Waals surface area contributed by atoms with Crippen molar-refractivity contribution in [1.29, 1.82) is 0 Å². The molecule has 0 spiro atoms. The third kappa shape index (κ3) is 8.55. The van der Waals surface area contributed by atoms with Gasteiger partial charge in [-0.25, -0.2) is 8.42 Å². The zero-order valence-electron chi connectivity index (χ0n) is 24.9. The maximum absolute atomic E-state index is 13.7. The van der Waals surface area contributed by atoms with E-state index in [-0.39, 0.29) is 29.8 Å². The predicted octanol–water partition coefficient (Wildman–Crippen LogP) is 4.51. The van der Waals surface area contributed by atoms with Crippen molar-refractivity contribution < 1.29 is 23.1 Å². The number of sulfonamides is 1. The third-order valence-electron chi connectivity index (χ3n) is 7.06. The Balaban J connectivity index is 1.90. The molecule has 0 bridgehead atoms. The molecule has 3 rings (SSSR count). The van der Waals surface area contributed by atoms with E-state index < -0.39 is 22.2 Å². The molecule has 0 aliphatic rings. The molecule has 0 heterocycles. The summed E-state index contributed by atoms with van der Waals surface area (Å²) in [6.45, 7) is 5.80. The van der Waals surface area contributed by atoms with Crippen molar-refractivity contribution in [2.45, 2.75) is 50.7 Å². The fourth-order valence-corrected chi connectivity index (χ4v) is 6.46. The quantitative estimate of drug-likeness (QED) is 0.291. The third-order valence-corrected chi connectivity index (χ3v) is 8.90. The van der Waals surface area contributed by atoms with Gasteiger partial charge in [0.25, 0.3) is 5.91 Å². The van der Waals surface area contributed by atoms with Gasteiger partial charge in [-0.15, -0.1) is 0 Å². The standard InChI is InChI=1S/C32H43N3O5S/c1-23(2)21-35(41(38,39)27-18-16-26(40-6)17-19-27)22-31(36)29(20-15-25-11-8-7-9-12-25)33-32(37)28-13-10-14-30(24(28)3)34(4)5/h7-14,16-19,23,29,31,36H,15,20-22H2,1-6H3,(H,33,37)/t29-,31+/m0/s1. The largest absolute Gasteiger partial charge is 0.497 e. The fraction of sp³-hybridized carbons (Fsp3) is 0.406. The number of methoxy groups -OCH3 is 1. The summed E-state index contributed by atoms with van der Waals surface area (Å²) in [4.78, 5) is 15.6. The molecule has 2 atom stereocenters. The van der Waals surface area contributed by atoms with Gasteiger partial charge >= 0.3 is 0 Å². The summed E-state index contributed by atoms with van der Waals surface area (Å²) in [7, 11) is 1.44. The normalized spacial score (nSPS) is 13.2. The molecule has 3 aromatic carbocycles. The van der Waals surface area contributed by atoms with Crippen LogP contribution in [0.3, 0.4) is 0 Å². The van der Waals surface area contributed by atoms with E-state index in [0.29, 0.717) is 24.2 Å². The van der Waals surface area contributed by atoms with Crippen LogP contribution in [0.4, 0.5) is 5.69 Å². The molecule has 0 aliphatic carbocycles. The molecule has 2 N–H and O–H groups in total. The second kappa shape index (κ2) is 14.5. The van der Waals surface area contributed by atoms with Crippen LogP contribution in [0, 0.1) is 12.8 Å². The van der Waals surface area contributed by atoms with Gasteiger partial charge in [-0.05, 0) is 73.2 Å². The lowest BCUT2D eigenvalue weighted by molar-refractivity contribution is 0.0759. The van der Waals surface area contributed by atoms with E-state index in [2.05, 4.69) is 5.32 Å². The van der Waals surface area contributed by atoms with Crippen LogP contribution in [0.1, 0.15) is 41.8 Å². The smallest absolute Gasteiger partial charge is 0.251 e. The number of benzene rings is 3. The minimum Gasteiger partial charge on any atom is -0.497 e. The zero-order valence-corrected chi connectivity index (χ0v) is 25.7. The molecule has 8 nitrogen and oxygen atoms in total. The number of aliphatic hydroxyl groups is 1. The Hall–Kier alpha value is -3.40. The van der Waals surface area contributed by atoms with Crippen molar-refractivity contribution in [3.8, 4) is 5.75 Å². The van der Waals surface area contributed by atoms with Gasteiger partial charge in [-0.2, -0.15) is 4.31 Å². The number of aryl methyl sites for hydroxylation is 1. The van der Waals surface area contributed by atoms with Gasteiger partial charge in [0.2, 0.25) is 10.0 Å². The summed E-state index contributed by atoms with van der Waals surface area (Å²) in [6.07, 6.45) is -0.108. The summed E-state index contributed by atoms with van der Waals surface area (Å²) < 4.78 is 33.8. The lowest BCUT2D eigenvalue weighted by Gasteiger charge is -2.31. The predicted molar refractivity (Wildman–Crippen MR) is 164 cm³/mol. The molecule has 0 fully saturated rings. The fourth-order valence-electron chi connectivity index (χ4n) is 4.84. The van der Waals surface area contributed by atoms with Crippen LogP contribution in [-0.2, 0) is 16.4 Å². The number of rotatable bonds is 14. The monoisotopic (exact) mass is 581 g/mol. The molecule has 1 amide bonds. The second-order valence-corrected chi connectivity index (χ2v) is 12.8. The van der Waals surface area contributed by atoms with Crippen molar-refractivity contribution in [1.82, 2.24) is 9.62 Å². The number of nitrogens with zero attached hydrogens (tertiary/aromatic N) is 2. The summed E-state index contributed by atoms with van der Waals surface area (Å²) in [5.74, 6) is 0.262. The number of amides is 1. The molecular weight excluding hydrogens is 538 g/mol. The van der Waals surface area contributed by atoms with Gasteiger partial charge < -0.3 is 20.1 Å². The van der Waals surface area contributed by atoms with Gasteiger partial charge in [-0.3, -0.25) is 4.79 Å². The number of ether oxygens (including phenoxy) is 1. The van der Waals surface area contributed by atoms with Crippen LogP contribution in [0.15, 0.2) is 77.7 Å². The molecule has 0 radical (unpaired) electrons. The van der Waals surface area contributed by atoms with E-state index in [4.69, 9.17) is 4.74 Å².